The van der Waals surface area contributed by atoms with Gasteiger partial charge in [-0.1, -0.05) is 29.9 Å². The summed E-state index contributed by atoms with van der Waals surface area (Å²) in [5.74, 6) is -1.51. The van der Waals surface area contributed by atoms with Gasteiger partial charge in [-0.3, -0.25) is 4.79 Å². The number of thiocarbonyl (C=S) groups is 1. The average Bonchev–Trinajstić information content (AvgIpc) is 2.41. The van der Waals surface area contributed by atoms with Gasteiger partial charge in [0.15, 0.2) is 11.5 Å². The Morgan fingerprint density at radius 2 is 1.90 bits per heavy atom. The average molecular weight is 323 g/mol. The molecule has 2 rings (SSSR count). The molecule has 0 aliphatic rings. The molecule has 5 nitrogen and oxygen atoms in total. The molecule has 0 saturated heterocycles. The standard InChI is InChI=1S/C14H11ClN2O3S/c15-7-4-5-8(13(16)21)10(6-7)17-14(20)9-2-1-3-11(18)12(9)19/h1-6,18-19H,(H2,16,21)(H,17,20). The molecule has 2 aromatic carbocycles. The first-order chi connectivity index (χ1) is 9.90. The van der Waals surface area contributed by atoms with Crippen molar-refractivity contribution in [1.82, 2.24) is 0 Å². The highest BCUT2D eigenvalue weighted by Gasteiger charge is 2.16. The van der Waals surface area contributed by atoms with E-state index in [2.05, 4.69) is 5.32 Å². The maximum Gasteiger partial charge on any atom is 0.259 e. The van der Waals surface area contributed by atoms with Crippen molar-refractivity contribution in [3.8, 4) is 11.5 Å². The molecule has 0 bridgehead atoms. The highest BCUT2D eigenvalue weighted by atomic mass is 35.5. The smallest absolute Gasteiger partial charge is 0.259 e. The van der Waals surface area contributed by atoms with Gasteiger partial charge in [0.05, 0.1) is 11.3 Å². The van der Waals surface area contributed by atoms with Crippen LogP contribution in [0, 0.1) is 0 Å². The summed E-state index contributed by atoms with van der Waals surface area (Å²) < 4.78 is 0. The van der Waals surface area contributed by atoms with Crippen LogP contribution in [0.5, 0.6) is 11.5 Å². The van der Waals surface area contributed by atoms with Crippen LogP contribution in [0.25, 0.3) is 0 Å². The number of para-hydroxylation sites is 1. The first-order valence-electron chi connectivity index (χ1n) is 5.82. The first kappa shape index (κ1) is 15.1. The zero-order chi connectivity index (χ0) is 15.6. The summed E-state index contributed by atoms with van der Waals surface area (Å²) in [5, 5.41) is 22.1. The third kappa shape index (κ3) is 3.24. The second-order valence-corrected chi connectivity index (χ2v) is 5.06. The molecule has 108 valence electrons. The minimum atomic E-state index is -0.622. The molecular formula is C14H11ClN2O3S. The number of nitrogens with two attached hydrogens (primary N) is 1. The molecule has 0 aromatic heterocycles. The van der Waals surface area contributed by atoms with Crippen molar-refractivity contribution in [2.75, 3.05) is 5.32 Å². The Hall–Kier alpha value is -2.31. The zero-order valence-corrected chi connectivity index (χ0v) is 12.2. The topological polar surface area (TPSA) is 95.6 Å². The van der Waals surface area contributed by atoms with Gasteiger partial charge in [-0.05, 0) is 30.3 Å². The van der Waals surface area contributed by atoms with Crippen LogP contribution in [0.15, 0.2) is 36.4 Å². The summed E-state index contributed by atoms with van der Waals surface area (Å²) in [7, 11) is 0. The van der Waals surface area contributed by atoms with Crippen LogP contribution in [0.3, 0.4) is 0 Å². The van der Waals surface area contributed by atoms with Gasteiger partial charge in [0.25, 0.3) is 5.91 Å². The van der Waals surface area contributed by atoms with E-state index in [4.69, 9.17) is 29.6 Å². The Labute approximate surface area is 131 Å². The molecule has 0 unspecified atom stereocenters. The van der Waals surface area contributed by atoms with E-state index in [0.29, 0.717) is 16.3 Å². The fourth-order valence-corrected chi connectivity index (χ4v) is 2.09. The molecule has 0 radical (unpaired) electrons. The number of carbonyl (C=O) groups excluding carboxylic acids is 1. The van der Waals surface area contributed by atoms with Crippen molar-refractivity contribution in [3.63, 3.8) is 0 Å². The monoisotopic (exact) mass is 322 g/mol. The van der Waals surface area contributed by atoms with Crippen molar-refractivity contribution in [3.05, 3.63) is 52.5 Å². The van der Waals surface area contributed by atoms with Gasteiger partial charge >= 0.3 is 0 Å². The van der Waals surface area contributed by atoms with Crippen LogP contribution in [0.4, 0.5) is 5.69 Å². The summed E-state index contributed by atoms with van der Waals surface area (Å²) in [6, 6.07) is 8.76. The van der Waals surface area contributed by atoms with Crippen molar-refractivity contribution >= 4 is 40.4 Å². The van der Waals surface area contributed by atoms with Crippen molar-refractivity contribution < 1.29 is 15.0 Å². The van der Waals surface area contributed by atoms with Gasteiger partial charge in [0.2, 0.25) is 0 Å². The van der Waals surface area contributed by atoms with E-state index in [0.717, 1.165) is 0 Å². The molecule has 7 heteroatoms. The third-order valence-corrected chi connectivity index (χ3v) is 3.21. The second-order valence-electron chi connectivity index (χ2n) is 4.18. The predicted molar refractivity (Wildman–Crippen MR) is 85.1 cm³/mol. The van der Waals surface area contributed by atoms with E-state index in [1.54, 1.807) is 12.1 Å². The number of carbonyl (C=O) groups is 1. The van der Waals surface area contributed by atoms with Gasteiger partial charge in [-0.25, -0.2) is 0 Å². The number of phenolic OH excluding ortho intramolecular Hbond substituents is 2. The van der Waals surface area contributed by atoms with E-state index >= 15 is 0 Å². The number of rotatable bonds is 3. The van der Waals surface area contributed by atoms with Crippen molar-refractivity contribution in [2.24, 2.45) is 5.73 Å². The molecule has 0 fully saturated rings. The fraction of sp³-hybridized carbons (Fsp3) is 0. The van der Waals surface area contributed by atoms with Crippen LogP contribution in [-0.4, -0.2) is 21.1 Å². The molecule has 0 heterocycles. The normalized spacial score (nSPS) is 10.1. The lowest BCUT2D eigenvalue weighted by atomic mass is 10.1. The zero-order valence-electron chi connectivity index (χ0n) is 10.6. The number of hydrogen-bond acceptors (Lipinski definition) is 4. The number of amides is 1. The number of halogens is 1. The van der Waals surface area contributed by atoms with Crippen LogP contribution in [0.1, 0.15) is 15.9 Å². The number of anilines is 1. The van der Waals surface area contributed by atoms with Gasteiger partial charge in [0.1, 0.15) is 4.99 Å². The number of nitrogens with one attached hydrogen (secondary N) is 1. The summed E-state index contributed by atoms with van der Waals surface area (Å²) in [5.41, 5.74) is 6.27. The molecular weight excluding hydrogens is 312 g/mol. The largest absolute Gasteiger partial charge is 0.504 e. The molecule has 0 spiro atoms. The molecule has 0 aliphatic heterocycles. The molecule has 21 heavy (non-hydrogen) atoms. The molecule has 0 atom stereocenters. The number of benzene rings is 2. The Kier molecular flexibility index (Phi) is 4.30. The Balaban J connectivity index is 2.38. The summed E-state index contributed by atoms with van der Waals surface area (Å²) >= 11 is 10.8. The Morgan fingerprint density at radius 1 is 1.19 bits per heavy atom. The van der Waals surface area contributed by atoms with Crippen LogP contribution in [-0.2, 0) is 0 Å². The second kappa shape index (κ2) is 5.99. The maximum absolute atomic E-state index is 12.2. The lowest BCUT2D eigenvalue weighted by molar-refractivity contribution is 0.102. The highest BCUT2D eigenvalue weighted by molar-refractivity contribution is 7.80. The predicted octanol–water partition coefficient (Wildman–Crippen LogP) is 2.64. The van der Waals surface area contributed by atoms with Gasteiger partial charge in [-0.2, -0.15) is 0 Å². The summed E-state index contributed by atoms with van der Waals surface area (Å²) in [4.78, 5) is 12.3. The lowest BCUT2D eigenvalue weighted by Gasteiger charge is -2.11. The lowest BCUT2D eigenvalue weighted by Crippen LogP contribution is -2.17. The Bertz CT molecular complexity index is 734. The van der Waals surface area contributed by atoms with E-state index in [9.17, 15) is 15.0 Å². The number of hydrogen-bond donors (Lipinski definition) is 4. The van der Waals surface area contributed by atoms with E-state index in [1.807, 2.05) is 0 Å². The van der Waals surface area contributed by atoms with Gasteiger partial charge in [0, 0.05) is 10.6 Å². The van der Waals surface area contributed by atoms with Crippen LogP contribution in [0.2, 0.25) is 5.02 Å². The minimum Gasteiger partial charge on any atom is -0.504 e. The maximum atomic E-state index is 12.2. The molecule has 2 aromatic rings. The van der Waals surface area contributed by atoms with E-state index < -0.39 is 11.7 Å². The first-order valence-corrected chi connectivity index (χ1v) is 6.60. The summed E-state index contributed by atoms with van der Waals surface area (Å²) in [6.07, 6.45) is 0. The van der Waals surface area contributed by atoms with Crippen LogP contribution >= 0.6 is 23.8 Å². The SMILES string of the molecule is NC(=S)c1ccc(Cl)cc1NC(=O)c1cccc(O)c1O. The third-order valence-electron chi connectivity index (χ3n) is 2.75. The fourth-order valence-electron chi connectivity index (χ4n) is 1.74. The van der Waals surface area contributed by atoms with Crippen LogP contribution < -0.4 is 11.1 Å². The minimum absolute atomic E-state index is 0.0798. The van der Waals surface area contributed by atoms with E-state index in [-0.39, 0.29) is 16.3 Å². The molecule has 5 N–H and O–H groups in total. The summed E-state index contributed by atoms with van der Waals surface area (Å²) in [6.45, 7) is 0. The quantitative estimate of drug-likeness (QED) is 0.514. The highest BCUT2D eigenvalue weighted by Crippen LogP contribution is 2.29. The van der Waals surface area contributed by atoms with Gasteiger partial charge < -0.3 is 21.3 Å². The van der Waals surface area contributed by atoms with Crippen molar-refractivity contribution in [2.45, 2.75) is 0 Å². The molecule has 0 saturated carbocycles. The molecule has 1 amide bonds. The Morgan fingerprint density at radius 3 is 2.57 bits per heavy atom. The number of aromatic hydroxyl groups is 2. The van der Waals surface area contributed by atoms with E-state index in [1.165, 1.54) is 24.3 Å². The van der Waals surface area contributed by atoms with Crippen molar-refractivity contribution in [1.29, 1.82) is 0 Å². The molecule has 0 aliphatic carbocycles. The number of phenols is 2. The van der Waals surface area contributed by atoms with Gasteiger partial charge in [-0.15, -0.1) is 0 Å².